The van der Waals surface area contributed by atoms with E-state index in [-0.39, 0.29) is 43.2 Å². The average Bonchev–Trinajstić information content (AvgIpc) is 3.25. The lowest BCUT2D eigenvalue weighted by atomic mass is 9.94. The molecule has 0 aliphatic heterocycles. The van der Waals surface area contributed by atoms with E-state index in [0.717, 1.165) is 109 Å². The van der Waals surface area contributed by atoms with Crippen molar-refractivity contribution < 1.29 is 43.2 Å². The molecular weight excluding hydrogens is 757 g/mol. The Morgan fingerprint density at radius 3 is 0.950 bits per heavy atom. The molecule has 0 saturated carbocycles. The largest absolute Gasteiger partial charge is 0.466 e. The topological polar surface area (TPSA) is 125 Å². The zero-order chi connectivity index (χ0) is 44.2. The Hall–Kier alpha value is -2.16. The Labute approximate surface area is 369 Å². The second-order valence-corrected chi connectivity index (χ2v) is 17.5. The fourth-order valence-corrected chi connectivity index (χ4v) is 7.69. The van der Waals surface area contributed by atoms with Crippen LogP contribution in [0.5, 0.6) is 0 Å². The number of carbonyl (C=O) groups excluding carboxylic acids is 4. The van der Waals surface area contributed by atoms with Crippen molar-refractivity contribution in [2.75, 3.05) is 26.4 Å². The maximum absolute atomic E-state index is 12.8. The van der Waals surface area contributed by atoms with Crippen LogP contribution in [0, 0.1) is 11.8 Å². The summed E-state index contributed by atoms with van der Waals surface area (Å²) < 4.78 is 21.9. The van der Waals surface area contributed by atoms with Crippen molar-refractivity contribution in [3.63, 3.8) is 0 Å². The van der Waals surface area contributed by atoms with Crippen LogP contribution in [0.3, 0.4) is 0 Å². The number of carbonyl (C=O) groups is 4. The van der Waals surface area contributed by atoms with Crippen LogP contribution in [-0.4, -0.2) is 61.5 Å². The summed E-state index contributed by atoms with van der Waals surface area (Å²) in [5.74, 6) is -1.10. The molecular formula is C51H96O9. The maximum Gasteiger partial charge on any atom is 0.334 e. The van der Waals surface area contributed by atoms with Gasteiger partial charge in [-0.05, 0) is 57.8 Å². The summed E-state index contributed by atoms with van der Waals surface area (Å²) in [5.41, 5.74) is 0. The summed E-state index contributed by atoms with van der Waals surface area (Å²) in [6, 6.07) is 0. The van der Waals surface area contributed by atoms with E-state index in [1.807, 2.05) is 0 Å². The van der Waals surface area contributed by atoms with Crippen LogP contribution in [0.25, 0.3) is 0 Å². The second-order valence-electron chi connectivity index (χ2n) is 17.5. The number of hydrogen-bond donors (Lipinski definition) is 1. The third-order valence-electron chi connectivity index (χ3n) is 11.8. The highest BCUT2D eigenvalue weighted by Crippen LogP contribution is 2.22. The van der Waals surface area contributed by atoms with Gasteiger partial charge in [0, 0.05) is 6.42 Å². The number of aliphatic hydroxyl groups is 1. The molecule has 60 heavy (non-hydrogen) atoms. The monoisotopic (exact) mass is 853 g/mol. The van der Waals surface area contributed by atoms with Crippen molar-refractivity contribution in [3.8, 4) is 0 Å². The molecule has 0 aromatic heterocycles. The van der Waals surface area contributed by atoms with Crippen LogP contribution < -0.4 is 0 Å². The van der Waals surface area contributed by atoms with E-state index in [0.29, 0.717) is 26.2 Å². The molecule has 0 aliphatic carbocycles. The van der Waals surface area contributed by atoms with Crippen LogP contribution in [0.2, 0.25) is 0 Å². The molecule has 3 atom stereocenters. The van der Waals surface area contributed by atoms with E-state index in [9.17, 15) is 24.3 Å². The molecule has 354 valence electrons. The first-order valence-corrected chi connectivity index (χ1v) is 25.6. The summed E-state index contributed by atoms with van der Waals surface area (Å²) in [4.78, 5) is 50.0. The molecule has 0 heterocycles. The van der Waals surface area contributed by atoms with E-state index >= 15 is 0 Å². The molecule has 0 spiro atoms. The smallest absolute Gasteiger partial charge is 0.334 e. The van der Waals surface area contributed by atoms with E-state index in [1.165, 1.54) is 103 Å². The minimum atomic E-state index is -1.34. The molecule has 0 bridgehead atoms. The molecule has 0 aliphatic rings. The van der Waals surface area contributed by atoms with Crippen molar-refractivity contribution >= 4 is 23.9 Å². The van der Waals surface area contributed by atoms with E-state index in [4.69, 9.17) is 18.9 Å². The van der Waals surface area contributed by atoms with Gasteiger partial charge in [-0.2, -0.15) is 0 Å². The van der Waals surface area contributed by atoms with Crippen LogP contribution in [0.4, 0.5) is 0 Å². The SMILES string of the molecule is CCCCCCCCC(CCCCCC)C(=O)OCCCCCCCOC(=O)CCC(O)C(=O)OCCCCCCCOC(=O)C(CCCCCC)CCCCCCCC. The van der Waals surface area contributed by atoms with Gasteiger partial charge in [0.25, 0.3) is 0 Å². The van der Waals surface area contributed by atoms with Gasteiger partial charge in [0.15, 0.2) is 6.10 Å². The third kappa shape index (κ3) is 37.6. The van der Waals surface area contributed by atoms with Gasteiger partial charge in [0.05, 0.1) is 38.3 Å². The number of unbranched alkanes of at least 4 members (excludes halogenated alkanes) is 24. The minimum Gasteiger partial charge on any atom is -0.466 e. The van der Waals surface area contributed by atoms with Gasteiger partial charge in [0.2, 0.25) is 0 Å². The first-order valence-electron chi connectivity index (χ1n) is 25.6. The Balaban J connectivity index is 3.96. The Bertz CT molecular complexity index is 986. The lowest BCUT2D eigenvalue weighted by Crippen LogP contribution is -2.24. The lowest BCUT2D eigenvalue weighted by molar-refractivity contribution is -0.155. The minimum absolute atomic E-state index is 0.0146. The zero-order valence-electron chi connectivity index (χ0n) is 39.7. The highest BCUT2D eigenvalue weighted by molar-refractivity contribution is 5.76. The van der Waals surface area contributed by atoms with Crippen LogP contribution >= 0.6 is 0 Å². The lowest BCUT2D eigenvalue weighted by Gasteiger charge is -2.16. The van der Waals surface area contributed by atoms with Crippen molar-refractivity contribution in [1.82, 2.24) is 0 Å². The number of ether oxygens (including phenoxy) is 4. The van der Waals surface area contributed by atoms with Crippen molar-refractivity contribution in [1.29, 1.82) is 0 Å². The normalized spacial score (nSPS) is 12.8. The van der Waals surface area contributed by atoms with Crippen molar-refractivity contribution in [3.05, 3.63) is 0 Å². The molecule has 0 rings (SSSR count). The first-order chi connectivity index (χ1) is 29.3. The van der Waals surface area contributed by atoms with Crippen LogP contribution in [0.1, 0.15) is 259 Å². The van der Waals surface area contributed by atoms with Gasteiger partial charge in [-0.3, -0.25) is 14.4 Å². The predicted octanol–water partition coefficient (Wildman–Crippen LogP) is 13.9. The van der Waals surface area contributed by atoms with E-state index in [1.54, 1.807) is 0 Å². The fraction of sp³-hybridized carbons (Fsp3) is 0.922. The Morgan fingerprint density at radius 2 is 0.600 bits per heavy atom. The molecule has 0 fully saturated rings. The standard InChI is InChI=1S/C51H96O9/c1-5-9-13-17-21-29-37-45(35-27-15-11-7-3)49(54)58-42-32-24-19-23-31-41-57-48(53)40-39-47(52)51(56)60-44-34-26-20-25-33-43-59-50(55)46(36-28-16-12-8-4)38-30-22-18-14-10-6-2/h45-47,52H,5-44H2,1-4H3. The highest BCUT2D eigenvalue weighted by atomic mass is 16.6. The summed E-state index contributed by atoms with van der Waals surface area (Å²) in [7, 11) is 0. The van der Waals surface area contributed by atoms with Gasteiger partial charge in [-0.15, -0.1) is 0 Å². The Morgan fingerprint density at radius 1 is 0.333 bits per heavy atom. The van der Waals surface area contributed by atoms with Crippen LogP contribution in [0.15, 0.2) is 0 Å². The molecule has 0 amide bonds. The molecule has 0 radical (unpaired) electrons. The summed E-state index contributed by atoms with van der Waals surface area (Å²) in [5, 5.41) is 10.2. The average molecular weight is 853 g/mol. The van der Waals surface area contributed by atoms with Gasteiger partial charge in [-0.25, -0.2) is 4.79 Å². The molecule has 0 aromatic rings. The predicted molar refractivity (Wildman–Crippen MR) is 246 cm³/mol. The molecule has 3 unspecified atom stereocenters. The number of rotatable bonds is 46. The Kier molecular flexibility index (Phi) is 43.3. The molecule has 1 N–H and O–H groups in total. The van der Waals surface area contributed by atoms with Crippen molar-refractivity contribution in [2.45, 2.75) is 265 Å². The van der Waals surface area contributed by atoms with Gasteiger partial charge in [0.1, 0.15) is 0 Å². The van der Waals surface area contributed by atoms with Gasteiger partial charge >= 0.3 is 23.9 Å². The quantitative estimate of drug-likeness (QED) is 0.0362. The fourth-order valence-electron chi connectivity index (χ4n) is 7.69. The molecule has 0 aromatic carbocycles. The summed E-state index contributed by atoms with van der Waals surface area (Å²) >= 11 is 0. The van der Waals surface area contributed by atoms with Crippen LogP contribution in [-0.2, 0) is 38.1 Å². The number of esters is 4. The third-order valence-corrected chi connectivity index (χ3v) is 11.8. The highest BCUT2D eigenvalue weighted by Gasteiger charge is 2.21. The van der Waals surface area contributed by atoms with Gasteiger partial charge < -0.3 is 24.1 Å². The molecule has 9 nitrogen and oxygen atoms in total. The van der Waals surface area contributed by atoms with E-state index in [2.05, 4.69) is 27.7 Å². The summed E-state index contributed by atoms with van der Waals surface area (Å²) in [6.07, 6.45) is 35.3. The number of hydrogen-bond acceptors (Lipinski definition) is 9. The van der Waals surface area contributed by atoms with E-state index < -0.39 is 18.0 Å². The molecule has 9 heteroatoms. The molecule has 0 saturated heterocycles. The first kappa shape index (κ1) is 57.8. The zero-order valence-corrected chi connectivity index (χ0v) is 39.7. The summed E-state index contributed by atoms with van der Waals surface area (Å²) in [6.45, 7) is 10.4. The maximum atomic E-state index is 12.8. The second kappa shape index (κ2) is 44.9. The number of aliphatic hydroxyl groups excluding tert-OH is 1. The van der Waals surface area contributed by atoms with Crippen molar-refractivity contribution in [2.24, 2.45) is 11.8 Å². The van der Waals surface area contributed by atoms with Gasteiger partial charge in [-0.1, -0.05) is 195 Å².